The van der Waals surface area contributed by atoms with Crippen LogP contribution < -0.4 is 5.73 Å². The number of halogens is 1. The van der Waals surface area contributed by atoms with Crippen molar-refractivity contribution < 1.29 is 0 Å². The second kappa shape index (κ2) is 5.47. The zero-order valence-electron chi connectivity index (χ0n) is 6.23. The molecule has 2 N–H and O–H groups in total. The maximum Gasteiger partial charge on any atom is 0.0260 e. The Kier molecular flexibility index (Phi) is 5.89. The van der Waals surface area contributed by atoms with Crippen LogP contribution in [-0.4, -0.2) is 10.5 Å². The lowest BCUT2D eigenvalue weighted by atomic mass is 10.00. The Morgan fingerprint density at radius 2 is 1.78 bits per heavy atom. The molecule has 0 bridgehead atoms. The van der Waals surface area contributed by atoms with Gasteiger partial charge < -0.3 is 5.73 Å². The minimum absolute atomic E-state index is 0.678. The van der Waals surface area contributed by atoms with Crippen molar-refractivity contribution >= 4 is 22.6 Å². The summed E-state index contributed by atoms with van der Waals surface area (Å²) in [7, 11) is 0. The molecule has 0 aromatic rings. The molecule has 0 aliphatic carbocycles. The van der Waals surface area contributed by atoms with Gasteiger partial charge in [0.1, 0.15) is 0 Å². The molecule has 1 nitrogen and oxygen atoms in total. The molecule has 9 heavy (non-hydrogen) atoms. The van der Waals surface area contributed by atoms with Crippen molar-refractivity contribution in [1.82, 2.24) is 0 Å². The van der Waals surface area contributed by atoms with Gasteiger partial charge in [0.15, 0.2) is 0 Å². The molecule has 1 unspecified atom stereocenters. The summed E-state index contributed by atoms with van der Waals surface area (Å²) in [5, 5.41) is 0. The van der Waals surface area contributed by atoms with Gasteiger partial charge in [-0.15, -0.1) is 0 Å². The zero-order valence-corrected chi connectivity index (χ0v) is 8.39. The number of hydrogen-bond donors (Lipinski definition) is 1. The van der Waals surface area contributed by atoms with Crippen molar-refractivity contribution in [2.45, 2.75) is 30.6 Å². The summed E-state index contributed by atoms with van der Waals surface area (Å²) in [5.74, 6) is 0.829. The number of rotatable bonds is 4. The van der Waals surface area contributed by atoms with Gasteiger partial charge in [0.05, 0.1) is 0 Å². The van der Waals surface area contributed by atoms with Crippen LogP contribution in [-0.2, 0) is 0 Å². The molecule has 0 saturated heterocycles. The van der Waals surface area contributed by atoms with Crippen LogP contribution in [0.2, 0.25) is 0 Å². The molecule has 0 amide bonds. The first kappa shape index (κ1) is 9.69. The van der Waals surface area contributed by atoms with Gasteiger partial charge in [0.2, 0.25) is 0 Å². The SMILES string of the molecule is CCC(CC)C(I)CN. The molecule has 0 heterocycles. The van der Waals surface area contributed by atoms with Gasteiger partial charge in [-0.2, -0.15) is 0 Å². The molecule has 1 atom stereocenters. The standard InChI is InChI=1S/C7H16IN/c1-3-6(4-2)7(8)5-9/h6-7H,3-5,9H2,1-2H3. The summed E-state index contributed by atoms with van der Waals surface area (Å²) in [4.78, 5) is 0. The monoisotopic (exact) mass is 241 g/mol. The Morgan fingerprint density at radius 1 is 1.33 bits per heavy atom. The van der Waals surface area contributed by atoms with Crippen LogP contribution in [0.4, 0.5) is 0 Å². The van der Waals surface area contributed by atoms with Gasteiger partial charge in [0, 0.05) is 10.5 Å². The molecule has 0 saturated carbocycles. The van der Waals surface area contributed by atoms with E-state index in [1.165, 1.54) is 12.8 Å². The molecule has 0 spiro atoms. The molecule has 0 aromatic carbocycles. The Labute approximate surface area is 71.5 Å². The van der Waals surface area contributed by atoms with E-state index in [9.17, 15) is 0 Å². The first-order chi connectivity index (χ1) is 4.26. The third kappa shape index (κ3) is 3.40. The second-order valence-electron chi connectivity index (χ2n) is 2.33. The molecule has 0 fully saturated rings. The van der Waals surface area contributed by atoms with Crippen LogP contribution in [0.15, 0.2) is 0 Å². The Bertz CT molecular complexity index is 61.9. The Hall–Kier alpha value is 0.690. The molecule has 0 aromatic heterocycles. The summed E-state index contributed by atoms with van der Waals surface area (Å²) in [6, 6.07) is 0. The van der Waals surface area contributed by atoms with E-state index in [0.717, 1.165) is 12.5 Å². The van der Waals surface area contributed by atoms with E-state index < -0.39 is 0 Å². The van der Waals surface area contributed by atoms with Crippen LogP contribution in [0.5, 0.6) is 0 Å². The first-order valence-electron chi connectivity index (χ1n) is 3.60. The summed E-state index contributed by atoms with van der Waals surface area (Å²) in [6.45, 7) is 5.29. The van der Waals surface area contributed by atoms with Gasteiger partial charge in [-0.3, -0.25) is 0 Å². The minimum atomic E-state index is 0.678. The molecule has 0 aliphatic heterocycles. The van der Waals surface area contributed by atoms with Gasteiger partial charge >= 0.3 is 0 Å². The van der Waals surface area contributed by atoms with Crippen molar-refractivity contribution in [3.05, 3.63) is 0 Å². The van der Waals surface area contributed by atoms with Crippen molar-refractivity contribution in [3.63, 3.8) is 0 Å². The summed E-state index contributed by atoms with van der Waals surface area (Å²) >= 11 is 2.44. The molecule has 0 radical (unpaired) electrons. The molecule has 0 aliphatic rings. The third-order valence-corrected chi connectivity index (χ3v) is 3.31. The van der Waals surface area contributed by atoms with Crippen molar-refractivity contribution in [2.24, 2.45) is 11.7 Å². The predicted molar refractivity (Wildman–Crippen MR) is 50.9 cm³/mol. The first-order valence-corrected chi connectivity index (χ1v) is 4.84. The smallest absolute Gasteiger partial charge is 0.0260 e. The molecular weight excluding hydrogens is 225 g/mol. The van der Waals surface area contributed by atoms with Crippen LogP contribution >= 0.6 is 22.6 Å². The number of alkyl halides is 1. The topological polar surface area (TPSA) is 26.0 Å². The van der Waals surface area contributed by atoms with Gasteiger partial charge in [-0.1, -0.05) is 49.3 Å². The van der Waals surface area contributed by atoms with E-state index in [-0.39, 0.29) is 0 Å². The van der Waals surface area contributed by atoms with E-state index in [2.05, 4.69) is 36.4 Å². The maximum atomic E-state index is 5.52. The molecule has 56 valence electrons. The fourth-order valence-corrected chi connectivity index (χ4v) is 2.01. The Balaban J connectivity index is 3.50. The molecular formula is C7H16IN. The minimum Gasteiger partial charge on any atom is -0.329 e. The molecule has 2 heteroatoms. The third-order valence-electron chi connectivity index (χ3n) is 1.79. The highest BCUT2D eigenvalue weighted by Crippen LogP contribution is 2.18. The average molecular weight is 241 g/mol. The van der Waals surface area contributed by atoms with E-state index in [4.69, 9.17) is 5.73 Å². The lowest BCUT2D eigenvalue weighted by Crippen LogP contribution is -2.22. The van der Waals surface area contributed by atoms with Crippen LogP contribution in [0.1, 0.15) is 26.7 Å². The highest BCUT2D eigenvalue weighted by molar-refractivity contribution is 14.1. The fourth-order valence-electron chi connectivity index (χ4n) is 0.993. The van der Waals surface area contributed by atoms with Crippen molar-refractivity contribution in [2.75, 3.05) is 6.54 Å². The van der Waals surface area contributed by atoms with E-state index >= 15 is 0 Å². The average Bonchev–Trinajstić information content (AvgIpc) is 1.90. The highest BCUT2D eigenvalue weighted by atomic mass is 127. The largest absolute Gasteiger partial charge is 0.329 e. The quantitative estimate of drug-likeness (QED) is 0.592. The van der Waals surface area contributed by atoms with Gasteiger partial charge in [-0.25, -0.2) is 0 Å². The maximum absolute atomic E-state index is 5.52. The summed E-state index contributed by atoms with van der Waals surface area (Å²) < 4.78 is 0.678. The predicted octanol–water partition coefficient (Wildman–Crippen LogP) is 2.18. The van der Waals surface area contributed by atoms with E-state index in [1.54, 1.807) is 0 Å². The zero-order chi connectivity index (χ0) is 7.28. The lowest BCUT2D eigenvalue weighted by Gasteiger charge is -2.16. The normalized spacial score (nSPS) is 14.3. The van der Waals surface area contributed by atoms with Gasteiger partial charge in [0.25, 0.3) is 0 Å². The van der Waals surface area contributed by atoms with Crippen molar-refractivity contribution in [3.8, 4) is 0 Å². The van der Waals surface area contributed by atoms with Gasteiger partial charge in [-0.05, 0) is 5.92 Å². The summed E-state index contributed by atoms with van der Waals surface area (Å²) in [5.41, 5.74) is 5.52. The number of hydrogen-bond acceptors (Lipinski definition) is 1. The van der Waals surface area contributed by atoms with E-state index in [0.29, 0.717) is 3.92 Å². The van der Waals surface area contributed by atoms with Crippen LogP contribution in [0.25, 0.3) is 0 Å². The lowest BCUT2D eigenvalue weighted by molar-refractivity contribution is 0.487. The molecule has 0 rings (SSSR count). The second-order valence-corrected chi connectivity index (χ2v) is 3.93. The van der Waals surface area contributed by atoms with Crippen LogP contribution in [0, 0.1) is 5.92 Å². The van der Waals surface area contributed by atoms with Crippen LogP contribution in [0.3, 0.4) is 0 Å². The summed E-state index contributed by atoms with van der Waals surface area (Å²) in [6.07, 6.45) is 2.53. The number of nitrogens with two attached hydrogens (primary N) is 1. The highest BCUT2D eigenvalue weighted by Gasteiger charge is 2.11. The fraction of sp³-hybridized carbons (Fsp3) is 1.00. The Morgan fingerprint density at radius 3 is 1.89 bits per heavy atom. The van der Waals surface area contributed by atoms with Crippen molar-refractivity contribution in [1.29, 1.82) is 0 Å². The van der Waals surface area contributed by atoms with E-state index in [1.807, 2.05) is 0 Å².